The molecular formula is C25H30N2O3S. The summed E-state index contributed by atoms with van der Waals surface area (Å²) in [7, 11) is 3.32. The maximum absolute atomic E-state index is 13.4. The SMILES string of the molecule is COCCCN(C(=O)c1ccc(C(C)(C)C)cc1)c1nc(-c2ccc(OC)cc2)cs1. The van der Waals surface area contributed by atoms with Crippen LogP contribution in [-0.4, -0.2) is 38.3 Å². The third-order valence-electron chi connectivity index (χ3n) is 5.08. The van der Waals surface area contributed by atoms with Gasteiger partial charge in [-0.05, 0) is 53.8 Å². The highest BCUT2D eigenvalue weighted by molar-refractivity contribution is 7.14. The minimum Gasteiger partial charge on any atom is -0.497 e. The lowest BCUT2D eigenvalue weighted by atomic mass is 9.86. The van der Waals surface area contributed by atoms with E-state index in [9.17, 15) is 4.79 Å². The first-order valence-electron chi connectivity index (χ1n) is 10.3. The van der Waals surface area contributed by atoms with Crippen molar-refractivity contribution in [3.05, 3.63) is 65.0 Å². The molecule has 0 unspecified atom stereocenters. The van der Waals surface area contributed by atoms with E-state index in [1.54, 1.807) is 19.1 Å². The number of ether oxygens (including phenoxy) is 2. The van der Waals surface area contributed by atoms with Crippen molar-refractivity contribution in [1.82, 2.24) is 4.98 Å². The van der Waals surface area contributed by atoms with Gasteiger partial charge in [-0.1, -0.05) is 32.9 Å². The van der Waals surface area contributed by atoms with Crippen LogP contribution in [-0.2, 0) is 10.2 Å². The lowest BCUT2D eigenvalue weighted by Gasteiger charge is -2.22. The first kappa shape index (κ1) is 23.0. The highest BCUT2D eigenvalue weighted by Crippen LogP contribution is 2.30. The number of anilines is 1. The maximum atomic E-state index is 13.4. The maximum Gasteiger partial charge on any atom is 0.260 e. The van der Waals surface area contributed by atoms with Gasteiger partial charge in [-0.15, -0.1) is 11.3 Å². The van der Waals surface area contributed by atoms with Crippen molar-refractivity contribution in [2.45, 2.75) is 32.6 Å². The van der Waals surface area contributed by atoms with Crippen LogP contribution in [0.15, 0.2) is 53.9 Å². The Balaban J connectivity index is 1.86. The summed E-state index contributed by atoms with van der Waals surface area (Å²) in [5.41, 5.74) is 3.73. The molecule has 0 spiro atoms. The molecule has 5 nitrogen and oxygen atoms in total. The number of aromatic nitrogens is 1. The molecule has 1 aromatic heterocycles. The molecule has 2 aromatic carbocycles. The number of carbonyl (C=O) groups is 1. The van der Waals surface area contributed by atoms with Crippen molar-refractivity contribution in [2.75, 3.05) is 32.3 Å². The number of hydrogen-bond acceptors (Lipinski definition) is 5. The first-order chi connectivity index (χ1) is 14.8. The van der Waals surface area contributed by atoms with Gasteiger partial charge in [0.15, 0.2) is 5.13 Å². The fourth-order valence-electron chi connectivity index (χ4n) is 3.20. The number of thiazole rings is 1. The Hall–Kier alpha value is -2.70. The number of amides is 1. The molecule has 0 aliphatic carbocycles. The van der Waals surface area contributed by atoms with Gasteiger partial charge in [0.2, 0.25) is 0 Å². The second-order valence-corrected chi connectivity index (χ2v) is 9.21. The molecule has 0 saturated carbocycles. The Morgan fingerprint density at radius 2 is 1.71 bits per heavy atom. The second kappa shape index (κ2) is 10.1. The van der Waals surface area contributed by atoms with Gasteiger partial charge in [-0.25, -0.2) is 4.98 Å². The van der Waals surface area contributed by atoms with E-state index in [-0.39, 0.29) is 11.3 Å². The molecule has 0 aliphatic heterocycles. The average Bonchev–Trinajstić information content (AvgIpc) is 3.26. The summed E-state index contributed by atoms with van der Waals surface area (Å²) in [5.74, 6) is 0.751. The molecule has 0 saturated heterocycles. The van der Waals surface area contributed by atoms with Crippen LogP contribution in [0.1, 0.15) is 43.1 Å². The van der Waals surface area contributed by atoms with E-state index in [4.69, 9.17) is 14.5 Å². The summed E-state index contributed by atoms with van der Waals surface area (Å²) in [6.07, 6.45) is 0.736. The number of hydrogen-bond donors (Lipinski definition) is 0. The molecule has 0 bridgehead atoms. The fraction of sp³-hybridized carbons (Fsp3) is 0.360. The Bertz CT molecular complexity index is 989. The van der Waals surface area contributed by atoms with Crippen LogP contribution in [0.25, 0.3) is 11.3 Å². The van der Waals surface area contributed by atoms with Crippen molar-refractivity contribution in [3.63, 3.8) is 0 Å². The molecule has 0 fully saturated rings. The normalized spacial score (nSPS) is 11.4. The van der Waals surface area contributed by atoms with Crippen molar-refractivity contribution in [1.29, 1.82) is 0 Å². The van der Waals surface area contributed by atoms with Gasteiger partial charge in [0.1, 0.15) is 5.75 Å². The van der Waals surface area contributed by atoms with E-state index in [1.165, 1.54) is 16.9 Å². The van der Waals surface area contributed by atoms with Gasteiger partial charge >= 0.3 is 0 Å². The van der Waals surface area contributed by atoms with E-state index in [0.29, 0.717) is 23.8 Å². The Labute approximate surface area is 188 Å². The number of benzene rings is 2. The van der Waals surface area contributed by atoms with Gasteiger partial charge in [-0.3, -0.25) is 9.69 Å². The van der Waals surface area contributed by atoms with Crippen molar-refractivity contribution in [2.24, 2.45) is 0 Å². The minimum atomic E-state index is -0.0489. The number of nitrogens with zero attached hydrogens (tertiary/aromatic N) is 2. The summed E-state index contributed by atoms with van der Waals surface area (Å²) in [6.45, 7) is 7.62. The molecule has 1 heterocycles. The molecule has 0 atom stereocenters. The van der Waals surface area contributed by atoms with Crippen LogP contribution in [0, 0.1) is 0 Å². The zero-order valence-corrected chi connectivity index (χ0v) is 19.7. The molecule has 6 heteroatoms. The fourth-order valence-corrected chi connectivity index (χ4v) is 4.06. The van der Waals surface area contributed by atoms with Crippen LogP contribution in [0.4, 0.5) is 5.13 Å². The molecule has 3 aromatic rings. The predicted molar refractivity (Wildman–Crippen MR) is 127 cm³/mol. The third kappa shape index (κ3) is 5.71. The highest BCUT2D eigenvalue weighted by atomic mass is 32.1. The monoisotopic (exact) mass is 438 g/mol. The Kier molecular flexibility index (Phi) is 7.46. The van der Waals surface area contributed by atoms with Crippen molar-refractivity contribution < 1.29 is 14.3 Å². The predicted octanol–water partition coefficient (Wildman–Crippen LogP) is 5.80. The zero-order valence-electron chi connectivity index (χ0n) is 18.8. The zero-order chi connectivity index (χ0) is 22.4. The molecule has 1 amide bonds. The van der Waals surface area contributed by atoms with Gasteiger partial charge in [-0.2, -0.15) is 0 Å². The number of methoxy groups -OCH3 is 2. The smallest absolute Gasteiger partial charge is 0.260 e. The molecule has 3 rings (SSSR count). The lowest BCUT2D eigenvalue weighted by Crippen LogP contribution is -2.32. The standard InChI is InChI=1S/C25H30N2O3S/c1-25(2,3)20-11-7-19(8-12-20)23(28)27(15-6-16-29-4)24-26-22(17-31-24)18-9-13-21(30-5)14-10-18/h7-14,17H,6,15-16H2,1-5H3. The van der Waals surface area contributed by atoms with Gasteiger partial charge in [0.05, 0.1) is 12.8 Å². The largest absolute Gasteiger partial charge is 0.497 e. The second-order valence-electron chi connectivity index (χ2n) is 8.37. The van der Waals surface area contributed by atoms with Gasteiger partial charge in [0, 0.05) is 36.8 Å². The summed E-state index contributed by atoms with van der Waals surface area (Å²) < 4.78 is 10.4. The van der Waals surface area contributed by atoms with E-state index in [0.717, 1.165) is 23.4 Å². The number of rotatable bonds is 8. The third-order valence-corrected chi connectivity index (χ3v) is 5.95. The van der Waals surface area contributed by atoms with Crippen LogP contribution >= 0.6 is 11.3 Å². The van der Waals surface area contributed by atoms with Crippen molar-refractivity contribution in [3.8, 4) is 17.0 Å². The van der Waals surface area contributed by atoms with Gasteiger partial charge < -0.3 is 9.47 Å². The van der Waals surface area contributed by atoms with E-state index in [2.05, 4.69) is 20.8 Å². The topological polar surface area (TPSA) is 51.7 Å². The lowest BCUT2D eigenvalue weighted by molar-refractivity contribution is 0.0983. The van der Waals surface area contributed by atoms with E-state index >= 15 is 0 Å². The molecule has 0 aliphatic rings. The minimum absolute atomic E-state index is 0.0440. The van der Waals surface area contributed by atoms with Crippen LogP contribution < -0.4 is 9.64 Å². The molecule has 31 heavy (non-hydrogen) atoms. The summed E-state index contributed by atoms with van der Waals surface area (Å²) in [6, 6.07) is 15.6. The highest BCUT2D eigenvalue weighted by Gasteiger charge is 2.22. The average molecular weight is 439 g/mol. The molecular weight excluding hydrogens is 408 g/mol. The summed E-state index contributed by atoms with van der Waals surface area (Å²) in [5, 5.41) is 2.67. The summed E-state index contributed by atoms with van der Waals surface area (Å²) in [4.78, 5) is 19.9. The van der Waals surface area contributed by atoms with Crippen molar-refractivity contribution >= 4 is 22.4 Å². The van der Waals surface area contributed by atoms with Crippen LogP contribution in [0.2, 0.25) is 0 Å². The molecule has 0 radical (unpaired) electrons. The molecule has 0 N–H and O–H groups in total. The van der Waals surface area contributed by atoms with Crippen LogP contribution in [0.3, 0.4) is 0 Å². The van der Waals surface area contributed by atoms with Gasteiger partial charge in [0.25, 0.3) is 5.91 Å². The Morgan fingerprint density at radius 1 is 1.03 bits per heavy atom. The Morgan fingerprint density at radius 3 is 2.29 bits per heavy atom. The first-order valence-corrected chi connectivity index (χ1v) is 11.2. The summed E-state index contributed by atoms with van der Waals surface area (Å²) >= 11 is 1.47. The number of carbonyl (C=O) groups excluding carboxylic acids is 1. The van der Waals surface area contributed by atoms with E-state index in [1.807, 2.05) is 53.9 Å². The van der Waals surface area contributed by atoms with E-state index < -0.39 is 0 Å². The van der Waals surface area contributed by atoms with Crippen LogP contribution in [0.5, 0.6) is 5.75 Å². The molecule has 164 valence electrons. The quantitative estimate of drug-likeness (QED) is 0.417.